The van der Waals surface area contributed by atoms with E-state index >= 15 is 0 Å². The van der Waals surface area contributed by atoms with E-state index in [0.29, 0.717) is 32.5 Å². The minimum Gasteiger partial charge on any atom is -0.633 e. The molecule has 1 aliphatic rings. The van der Waals surface area contributed by atoms with Gasteiger partial charge in [0.1, 0.15) is 6.54 Å². The van der Waals surface area contributed by atoms with E-state index in [9.17, 15) is 10.3 Å². The Bertz CT molecular complexity index is 305. The lowest BCUT2D eigenvalue weighted by molar-refractivity contribution is -0.899. The second-order valence-electron chi connectivity index (χ2n) is 4.38. The molecule has 1 N–H and O–H groups in total. The Morgan fingerprint density at radius 1 is 1.20 bits per heavy atom. The number of hydroxylamine groups is 3. The summed E-state index contributed by atoms with van der Waals surface area (Å²) in [6.45, 7) is 1.61. The van der Waals surface area contributed by atoms with Gasteiger partial charge in [0.2, 0.25) is 0 Å². The number of hydrogen-bond acceptors (Lipinski definition) is 2. The molecule has 3 nitrogen and oxygen atoms in total. The van der Waals surface area contributed by atoms with Gasteiger partial charge in [-0.25, -0.2) is 0 Å². The number of piperidine rings is 1. The van der Waals surface area contributed by atoms with Gasteiger partial charge in [-0.3, -0.25) is 0 Å². The van der Waals surface area contributed by atoms with Crippen LogP contribution in [0, 0.1) is 5.21 Å². The number of aliphatic hydroxyl groups is 1. The lowest BCUT2D eigenvalue weighted by Gasteiger charge is -2.46. The highest BCUT2D eigenvalue weighted by molar-refractivity contribution is 5.13. The number of rotatable bonds is 2. The van der Waals surface area contributed by atoms with E-state index in [4.69, 9.17) is 0 Å². The number of quaternary nitrogens is 1. The summed E-state index contributed by atoms with van der Waals surface area (Å²) in [6.07, 6.45) is 1.01. The van der Waals surface area contributed by atoms with E-state index in [1.54, 1.807) is 0 Å². The average molecular weight is 207 g/mol. The van der Waals surface area contributed by atoms with E-state index in [2.05, 4.69) is 0 Å². The molecule has 0 unspecified atom stereocenters. The van der Waals surface area contributed by atoms with Crippen LogP contribution in [0.3, 0.4) is 0 Å². The monoisotopic (exact) mass is 207 g/mol. The van der Waals surface area contributed by atoms with Crippen molar-refractivity contribution in [3.05, 3.63) is 41.1 Å². The average Bonchev–Trinajstić information content (AvgIpc) is 2.24. The fourth-order valence-electron chi connectivity index (χ4n) is 2.10. The lowest BCUT2D eigenvalue weighted by Crippen LogP contribution is -2.48. The predicted molar refractivity (Wildman–Crippen MR) is 58.7 cm³/mol. The van der Waals surface area contributed by atoms with Gasteiger partial charge in [0.05, 0.1) is 19.2 Å². The van der Waals surface area contributed by atoms with E-state index in [1.807, 2.05) is 30.3 Å². The van der Waals surface area contributed by atoms with Crippen molar-refractivity contribution in [1.82, 2.24) is 0 Å². The highest BCUT2D eigenvalue weighted by Crippen LogP contribution is 2.21. The predicted octanol–water partition coefficient (Wildman–Crippen LogP) is 1.66. The lowest BCUT2D eigenvalue weighted by atomic mass is 10.1. The maximum absolute atomic E-state index is 12.3. The van der Waals surface area contributed by atoms with Crippen LogP contribution >= 0.6 is 0 Å². The maximum atomic E-state index is 12.3. The summed E-state index contributed by atoms with van der Waals surface area (Å²) in [4.78, 5) is 0. The summed E-state index contributed by atoms with van der Waals surface area (Å²) >= 11 is 0. The molecule has 1 heterocycles. The van der Waals surface area contributed by atoms with Crippen LogP contribution in [0.5, 0.6) is 0 Å². The van der Waals surface area contributed by atoms with Crippen molar-refractivity contribution in [2.75, 3.05) is 13.1 Å². The molecule has 0 radical (unpaired) electrons. The van der Waals surface area contributed by atoms with Gasteiger partial charge in [0.15, 0.2) is 0 Å². The molecule has 1 aromatic carbocycles. The normalized spacial score (nSPS) is 31.5. The molecule has 0 atom stereocenters. The number of likely N-dealkylation sites (tertiary alicyclic amines) is 1. The topological polar surface area (TPSA) is 43.3 Å². The molecule has 82 valence electrons. The Kier molecular flexibility index (Phi) is 3.05. The van der Waals surface area contributed by atoms with Crippen LogP contribution in [-0.4, -0.2) is 28.9 Å². The van der Waals surface area contributed by atoms with E-state index in [0.717, 1.165) is 5.56 Å². The van der Waals surface area contributed by atoms with Gasteiger partial charge in [-0.15, -0.1) is 0 Å². The summed E-state index contributed by atoms with van der Waals surface area (Å²) in [5.74, 6) is 0. The van der Waals surface area contributed by atoms with Gasteiger partial charge >= 0.3 is 0 Å². The first-order valence-electron chi connectivity index (χ1n) is 5.47. The summed E-state index contributed by atoms with van der Waals surface area (Å²) in [5.41, 5.74) is 1.09. The Balaban J connectivity index is 1.99. The Morgan fingerprint density at radius 3 is 2.40 bits per heavy atom. The van der Waals surface area contributed by atoms with Crippen molar-refractivity contribution < 1.29 is 9.75 Å². The number of benzene rings is 1. The van der Waals surface area contributed by atoms with Crippen molar-refractivity contribution >= 4 is 0 Å². The molecule has 3 heteroatoms. The molecule has 15 heavy (non-hydrogen) atoms. The molecule has 0 aliphatic carbocycles. The molecule has 0 amide bonds. The molecule has 0 aromatic heterocycles. The third-order valence-electron chi connectivity index (χ3n) is 3.05. The molecule has 1 aromatic rings. The molecular weight excluding hydrogens is 190 g/mol. The maximum Gasteiger partial charge on any atom is 0.104 e. The van der Waals surface area contributed by atoms with Gasteiger partial charge in [-0.05, 0) is 0 Å². The first-order valence-corrected chi connectivity index (χ1v) is 5.47. The van der Waals surface area contributed by atoms with Crippen LogP contribution < -0.4 is 0 Å². The molecule has 0 saturated carbocycles. The van der Waals surface area contributed by atoms with Crippen LogP contribution in [-0.2, 0) is 6.54 Å². The highest BCUT2D eigenvalue weighted by Gasteiger charge is 2.25. The van der Waals surface area contributed by atoms with Crippen LogP contribution in [0.2, 0.25) is 0 Å². The van der Waals surface area contributed by atoms with Crippen LogP contribution in [0.25, 0.3) is 0 Å². The molecular formula is C12H17NO2. The van der Waals surface area contributed by atoms with Crippen molar-refractivity contribution in [2.45, 2.75) is 25.5 Å². The number of nitrogens with zero attached hydrogens (tertiary/aromatic N) is 1. The SMILES string of the molecule is [O-][N+]1(Cc2ccccc2)CCC(O)CC1. The minimum atomic E-state index is -0.263. The molecule has 2 rings (SSSR count). The summed E-state index contributed by atoms with van der Waals surface area (Å²) in [6, 6.07) is 9.85. The summed E-state index contributed by atoms with van der Waals surface area (Å²) in [7, 11) is 0. The van der Waals surface area contributed by atoms with Gasteiger partial charge in [0.25, 0.3) is 0 Å². The highest BCUT2D eigenvalue weighted by atomic mass is 16.5. The van der Waals surface area contributed by atoms with Gasteiger partial charge in [0, 0.05) is 18.4 Å². The zero-order valence-electron chi connectivity index (χ0n) is 8.80. The molecule has 1 aliphatic heterocycles. The van der Waals surface area contributed by atoms with Crippen LogP contribution in [0.15, 0.2) is 30.3 Å². The van der Waals surface area contributed by atoms with Crippen LogP contribution in [0.4, 0.5) is 0 Å². The molecule has 0 bridgehead atoms. The van der Waals surface area contributed by atoms with Gasteiger partial charge in [-0.1, -0.05) is 30.3 Å². The van der Waals surface area contributed by atoms with Crippen molar-refractivity contribution in [1.29, 1.82) is 0 Å². The van der Waals surface area contributed by atoms with Gasteiger partial charge < -0.3 is 15.0 Å². The fourth-order valence-corrected chi connectivity index (χ4v) is 2.10. The molecule has 1 saturated heterocycles. The first-order chi connectivity index (χ1) is 7.18. The Labute approximate surface area is 90.1 Å². The zero-order valence-corrected chi connectivity index (χ0v) is 8.80. The van der Waals surface area contributed by atoms with Crippen molar-refractivity contribution in [3.63, 3.8) is 0 Å². The Morgan fingerprint density at radius 2 is 1.80 bits per heavy atom. The second kappa shape index (κ2) is 4.31. The van der Waals surface area contributed by atoms with Crippen LogP contribution in [0.1, 0.15) is 18.4 Å². The van der Waals surface area contributed by atoms with E-state index < -0.39 is 0 Å². The summed E-state index contributed by atoms with van der Waals surface area (Å²) in [5, 5.41) is 21.6. The number of aliphatic hydroxyl groups excluding tert-OH is 1. The summed E-state index contributed by atoms with van der Waals surface area (Å²) < 4.78 is -0.179. The van der Waals surface area contributed by atoms with E-state index in [-0.39, 0.29) is 10.8 Å². The Hall–Kier alpha value is -0.900. The molecule has 0 spiro atoms. The van der Waals surface area contributed by atoms with E-state index in [1.165, 1.54) is 0 Å². The number of hydrogen-bond donors (Lipinski definition) is 1. The molecule has 1 fully saturated rings. The van der Waals surface area contributed by atoms with Crippen molar-refractivity contribution in [2.24, 2.45) is 0 Å². The standard InChI is InChI=1S/C12H17NO2/c14-12-6-8-13(15,9-7-12)10-11-4-2-1-3-5-11/h1-5,12,14H,6-10H2. The quantitative estimate of drug-likeness (QED) is 0.592. The van der Waals surface area contributed by atoms with Crippen molar-refractivity contribution in [3.8, 4) is 0 Å². The zero-order chi connectivity index (χ0) is 10.7. The largest absolute Gasteiger partial charge is 0.633 e. The fraction of sp³-hybridized carbons (Fsp3) is 0.500. The third-order valence-corrected chi connectivity index (χ3v) is 3.05. The minimum absolute atomic E-state index is 0.179. The second-order valence-corrected chi connectivity index (χ2v) is 4.38. The third kappa shape index (κ3) is 2.78. The van der Waals surface area contributed by atoms with Gasteiger partial charge in [-0.2, -0.15) is 0 Å². The smallest absolute Gasteiger partial charge is 0.104 e. The first kappa shape index (κ1) is 10.6.